The van der Waals surface area contributed by atoms with Gasteiger partial charge in [0, 0.05) is 11.3 Å². The molecule has 1 aliphatic rings. The van der Waals surface area contributed by atoms with Crippen molar-refractivity contribution in [3.63, 3.8) is 0 Å². The lowest BCUT2D eigenvalue weighted by atomic mass is 10.2. The minimum absolute atomic E-state index is 0.143. The molecule has 4 rings (SSSR count). The fourth-order valence-corrected chi connectivity index (χ4v) is 4.95. The van der Waals surface area contributed by atoms with E-state index in [0.29, 0.717) is 5.56 Å². The second-order valence-electron chi connectivity index (χ2n) is 7.17. The molecule has 0 radical (unpaired) electrons. The lowest BCUT2D eigenvalue weighted by Crippen LogP contribution is -2.39. The van der Waals surface area contributed by atoms with Crippen molar-refractivity contribution in [2.45, 2.75) is 17.3 Å². The quantitative estimate of drug-likeness (QED) is 0.502. The summed E-state index contributed by atoms with van der Waals surface area (Å²) in [5.74, 6) is -0.678. The van der Waals surface area contributed by atoms with E-state index in [4.69, 9.17) is 0 Å². The number of sulfonamides is 1. The van der Waals surface area contributed by atoms with Gasteiger partial charge in [-0.05, 0) is 72.5 Å². The van der Waals surface area contributed by atoms with Crippen LogP contribution in [0.3, 0.4) is 0 Å². The Bertz CT molecular complexity index is 1270. The SMILES string of the molecule is Cc1ccc(S(=O)(=O)Nc2cccc(C(=O)NC3NC(c4ccc(F)cc4)=CS3)c2)cc1. The summed E-state index contributed by atoms with van der Waals surface area (Å²) in [5.41, 5.74) is 2.73. The average molecular weight is 470 g/mol. The number of hydrogen-bond acceptors (Lipinski definition) is 5. The molecule has 9 heteroatoms. The standard InChI is InChI=1S/C23H20FN3O3S2/c1-15-5-11-20(12-6-15)32(29,30)27-19-4-2-3-17(13-19)22(28)26-23-25-21(14-31-23)16-7-9-18(24)10-8-16/h2-14,23,25,27H,1H3,(H,26,28). The van der Waals surface area contributed by atoms with Gasteiger partial charge in [0.05, 0.1) is 10.6 Å². The molecular weight excluding hydrogens is 449 g/mol. The van der Waals surface area contributed by atoms with Crippen LogP contribution < -0.4 is 15.4 Å². The summed E-state index contributed by atoms with van der Waals surface area (Å²) in [6.45, 7) is 1.88. The topological polar surface area (TPSA) is 87.3 Å². The Morgan fingerprint density at radius 3 is 2.47 bits per heavy atom. The maximum atomic E-state index is 13.1. The molecule has 1 heterocycles. The van der Waals surface area contributed by atoms with Crippen LogP contribution in [-0.4, -0.2) is 19.8 Å². The normalized spacial score (nSPS) is 15.6. The van der Waals surface area contributed by atoms with Gasteiger partial charge in [-0.2, -0.15) is 0 Å². The van der Waals surface area contributed by atoms with Crippen LogP contribution in [-0.2, 0) is 10.0 Å². The monoisotopic (exact) mass is 469 g/mol. The molecule has 0 aromatic heterocycles. The van der Waals surface area contributed by atoms with Gasteiger partial charge in [0.25, 0.3) is 15.9 Å². The van der Waals surface area contributed by atoms with E-state index in [0.717, 1.165) is 16.8 Å². The highest BCUT2D eigenvalue weighted by Gasteiger charge is 2.21. The van der Waals surface area contributed by atoms with E-state index in [1.54, 1.807) is 42.5 Å². The van der Waals surface area contributed by atoms with Crippen LogP contribution in [0.5, 0.6) is 0 Å². The molecule has 3 aromatic rings. The van der Waals surface area contributed by atoms with Gasteiger partial charge in [-0.25, -0.2) is 12.8 Å². The van der Waals surface area contributed by atoms with Crippen molar-refractivity contribution >= 4 is 39.1 Å². The molecule has 1 amide bonds. The minimum atomic E-state index is -3.77. The fraction of sp³-hybridized carbons (Fsp3) is 0.0870. The number of carbonyl (C=O) groups is 1. The van der Waals surface area contributed by atoms with Crippen molar-refractivity contribution in [3.05, 3.63) is 101 Å². The number of amides is 1. The lowest BCUT2D eigenvalue weighted by Gasteiger charge is -2.15. The van der Waals surface area contributed by atoms with Crippen molar-refractivity contribution in [1.82, 2.24) is 10.6 Å². The molecule has 0 bridgehead atoms. The van der Waals surface area contributed by atoms with Crippen LogP contribution in [0.15, 0.2) is 83.1 Å². The second kappa shape index (κ2) is 9.05. The van der Waals surface area contributed by atoms with Gasteiger partial charge >= 0.3 is 0 Å². The summed E-state index contributed by atoms with van der Waals surface area (Å²) in [6, 6.07) is 18.8. The first kappa shape index (κ1) is 21.9. The van der Waals surface area contributed by atoms with Crippen molar-refractivity contribution in [2.75, 3.05) is 4.72 Å². The fourth-order valence-electron chi connectivity index (χ4n) is 3.05. The lowest BCUT2D eigenvalue weighted by molar-refractivity contribution is 0.0948. The first-order valence-electron chi connectivity index (χ1n) is 9.69. The molecule has 0 fully saturated rings. The number of benzene rings is 3. The van der Waals surface area contributed by atoms with E-state index >= 15 is 0 Å². The number of anilines is 1. The number of thioether (sulfide) groups is 1. The molecule has 0 saturated heterocycles. The maximum absolute atomic E-state index is 13.1. The van der Waals surface area contributed by atoms with E-state index in [1.165, 1.54) is 42.1 Å². The molecule has 0 spiro atoms. The van der Waals surface area contributed by atoms with Gasteiger partial charge < -0.3 is 10.6 Å². The van der Waals surface area contributed by atoms with Gasteiger partial charge in [-0.15, -0.1) is 0 Å². The number of carbonyl (C=O) groups excluding carboxylic acids is 1. The summed E-state index contributed by atoms with van der Waals surface area (Å²) in [7, 11) is -3.77. The van der Waals surface area contributed by atoms with Gasteiger partial charge in [-0.1, -0.05) is 35.5 Å². The highest BCUT2D eigenvalue weighted by Crippen LogP contribution is 2.26. The van der Waals surface area contributed by atoms with Crippen LogP contribution in [0, 0.1) is 12.7 Å². The van der Waals surface area contributed by atoms with Gasteiger partial charge in [0.15, 0.2) is 5.50 Å². The van der Waals surface area contributed by atoms with Gasteiger partial charge in [-0.3, -0.25) is 9.52 Å². The van der Waals surface area contributed by atoms with Gasteiger partial charge in [0.2, 0.25) is 0 Å². The van der Waals surface area contributed by atoms with Gasteiger partial charge in [0.1, 0.15) is 5.82 Å². The third kappa shape index (κ3) is 5.12. The van der Waals surface area contributed by atoms with E-state index in [2.05, 4.69) is 15.4 Å². The Morgan fingerprint density at radius 1 is 1.03 bits per heavy atom. The van der Waals surface area contributed by atoms with Crippen LogP contribution in [0.2, 0.25) is 0 Å². The molecule has 6 nitrogen and oxygen atoms in total. The molecule has 0 aliphatic carbocycles. The maximum Gasteiger partial charge on any atom is 0.261 e. The van der Waals surface area contributed by atoms with Crippen LogP contribution in [0.4, 0.5) is 10.1 Å². The Morgan fingerprint density at radius 2 is 1.75 bits per heavy atom. The smallest absolute Gasteiger partial charge is 0.261 e. The highest BCUT2D eigenvalue weighted by atomic mass is 32.2. The average Bonchev–Trinajstić information content (AvgIpc) is 3.23. The van der Waals surface area contributed by atoms with Crippen LogP contribution in [0.25, 0.3) is 5.70 Å². The zero-order valence-corrected chi connectivity index (χ0v) is 18.6. The summed E-state index contributed by atoms with van der Waals surface area (Å²) in [6.07, 6.45) is 0. The van der Waals surface area contributed by atoms with Crippen molar-refractivity contribution in [1.29, 1.82) is 0 Å². The number of rotatable bonds is 6. The van der Waals surface area contributed by atoms with E-state index in [9.17, 15) is 17.6 Å². The summed E-state index contributed by atoms with van der Waals surface area (Å²) in [5, 5.41) is 7.86. The van der Waals surface area contributed by atoms with E-state index in [1.807, 2.05) is 12.3 Å². The van der Waals surface area contributed by atoms with Crippen LogP contribution >= 0.6 is 11.8 Å². The summed E-state index contributed by atoms with van der Waals surface area (Å²) in [4.78, 5) is 12.8. The van der Waals surface area contributed by atoms with Crippen molar-refractivity contribution < 1.29 is 17.6 Å². The highest BCUT2D eigenvalue weighted by molar-refractivity contribution is 8.03. The number of hydrogen-bond donors (Lipinski definition) is 3. The Kier molecular flexibility index (Phi) is 6.20. The predicted molar refractivity (Wildman–Crippen MR) is 125 cm³/mol. The Labute approximate surface area is 190 Å². The molecule has 32 heavy (non-hydrogen) atoms. The third-order valence-corrected chi connectivity index (χ3v) is 7.01. The molecule has 0 saturated carbocycles. The first-order valence-corrected chi connectivity index (χ1v) is 12.1. The predicted octanol–water partition coefficient (Wildman–Crippen LogP) is 4.28. The van der Waals surface area contributed by atoms with Crippen molar-refractivity contribution in [2.24, 2.45) is 0 Å². The number of halogens is 1. The molecule has 3 N–H and O–H groups in total. The molecule has 1 unspecified atom stereocenters. The molecule has 3 aromatic carbocycles. The number of nitrogens with one attached hydrogen (secondary N) is 3. The van der Waals surface area contributed by atoms with Crippen molar-refractivity contribution in [3.8, 4) is 0 Å². The summed E-state index contributed by atoms with van der Waals surface area (Å²) < 4.78 is 40.8. The molecule has 1 atom stereocenters. The van der Waals surface area contributed by atoms with E-state index < -0.39 is 15.5 Å². The Hall–Kier alpha value is -3.30. The van der Waals surface area contributed by atoms with E-state index in [-0.39, 0.29) is 22.3 Å². The third-order valence-electron chi connectivity index (χ3n) is 4.73. The Balaban J connectivity index is 1.40. The first-order chi connectivity index (χ1) is 15.3. The summed E-state index contributed by atoms with van der Waals surface area (Å²) >= 11 is 1.37. The molecule has 1 aliphatic heterocycles. The molecular formula is C23H20FN3O3S2. The zero-order chi connectivity index (χ0) is 22.7. The number of aryl methyl sites for hydroxylation is 1. The molecule has 164 valence electrons. The minimum Gasteiger partial charge on any atom is -0.356 e. The largest absolute Gasteiger partial charge is 0.356 e. The second-order valence-corrected chi connectivity index (χ2v) is 9.83. The van der Waals surface area contributed by atoms with Crippen LogP contribution in [0.1, 0.15) is 21.5 Å². The zero-order valence-electron chi connectivity index (χ0n) is 17.0.